The maximum Gasteiger partial charge on any atom is 0.249 e. The van der Waals surface area contributed by atoms with E-state index in [1.165, 1.54) is 10.9 Å². The molecule has 0 saturated heterocycles. The molecular weight excluding hydrogens is 523 g/mol. The lowest BCUT2D eigenvalue weighted by Gasteiger charge is -2.23. The molecule has 1 aromatic heterocycles. The summed E-state index contributed by atoms with van der Waals surface area (Å²) in [4.78, 5) is 13.2. The summed E-state index contributed by atoms with van der Waals surface area (Å²) in [6, 6.07) is 8.85. The van der Waals surface area contributed by atoms with E-state index >= 15 is 0 Å². The van der Waals surface area contributed by atoms with E-state index in [0.717, 1.165) is 3.57 Å². The summed E-state index contributed by atoms with van der Waals surface area (Å²) in [5.74, 6) is -0.612. The second-order valence-corrected chi connectivity index (χ2v) is 8.52. The summed E-state index contributed by atoms with van der Waals surface area (Å²) in [5.41, 5.74) is 5.86. The third kappa shape index (κ3) is 3.72. The lowest BCUT2D eigenvalue weighted by Crippen LogP contribution is -2.31. The number of amides is 1. The number of carbonyl (C=O) groups excluding carboxylic acids is 1. The molecule has 2 N–H and O–H groups in total. The fraction of sp³-hybridized carbons (Fsp3) is 0.176. The summed E-state index contributed by atoms with van der Waals surface area (Å²) < 4.78 is 0.866. The van der Waals surface area contributed by atoms with Crippen LogP contribution in [0.25, 0.3) is 11.0 Å². The van der Waals surface area contributed by atoms with E-state index in [1.807, 2.05) is 0 Å². The Labute approximate surface area is 183 Å². The standard InChI is InChI=1S/C17H11Cl3IN5O/c1-17(6-22,10-4-8(21)2-3-9(10)16(23)27)7-26-24-14-12(19)5-11(18)13(20)15(14)25-26/h2-5H,7H2,1H3,(H2,23,27). The van der Waals surface area contributed by atoms with Crippen molar-refractivity contribution in [1.82, 2.24) is 15.0 Å². The van der Waals surface area contributed by atoms with Gasteiger partial charge in [-0.25, -0.2) is 0 Å². The van der Waals surface area contributed by atoms with E-state index in [0.29, 0.717) is 21.6 Å². The zero-order valence-corrected chi connectivity index (χ0v) is 18.2. The number of aromatic nitrogens is 3. The molecule has 2 aromatic carbocycles. The first-order chi connectivity index (χ1) is 12.7. The van der Waals surface area contributed by atoms with Gasteiger partial charge in [-0.2, -0.15) is 20.3 Å². The van der Waals surface area contributed by atoms with E-state index in [-0.39, 0.29) is 22.2 Å². The van der Waals surface area contributed by atoms with Crippen LogP contribution in [0.15, 0.2) is 24.3 Å². The number of benzene rings is 2. The van der Waals surface area contributed by atoms with Gasteiger partial charge in [-0.05, 0) is 59.3 Å². The smallest absolute Gasteiger partial charge is 0.249 e. The Morgan fingerprint density at radius 1 is 1.26 bits per heavy atom. The molecule has 3 aromatic rings. The molecule has 0 aliphatic carbocycles. The molecule has 0 bridgehead atoms. The molecular formula is C17H11Cl3IN5O. The van der Waals surface area contributed by atoms with Crippen molar-refractivity contribution in [3.05, 3.63) is 54.0 Å². The molecule has 0 fully saturated rings. The van der Waals surface area contributed by atoms with Gasteiger partial charge in [-0.3, -0.25) is 4.79 Å². The van der Waals surface area contributed by atoms with Gasteiger partial charge in [-0.15, -0.1) is 0 Å². The van der Waals surface area contributed by atoms with Crippen LogP contribution in [-0.2, 0) is 12.0 Å². The van der Waals surface area contributed by atoms with Crippen LogP contribution < -0.4 is 5.73 Å². The Bertz CT molecular complexity index is 1120. The van der Waals surface area contributed by atoms with E-state index < -0.39 is 11.3 Å². The molecule has 1 heterocycles. The Hall–Kier alpha value is -1.60. The molecule has 138 valence electrons. The Balaban J connectivity index is 2.13. The molecule has 0 radical (unpaired) electrons. The van der Waals surface area contributed by atoms with Gasteiger partial charge in [0.05, 0.1) is 27.7 Å². The van der Waals surface area contributed by atoms with Crippen LogP contribution in [0.1, 0.15) is 22.8 Å². The van der Waals surface area contributed by atoms with Crippen molar-refractivity contribution in [3.63, 3.8) is 0 Å². The number of halogens is 4. The van der Waals surface area contributed by atoms with Crippen molar-refractivity contribution in [2.24, 2.45) is 5.73 Å². The number of rotatable bonds is 4. The highest BCUT2D eigenvalue weighted by Gasteiger charge is 2.33. The number of primary amides is 1. The van der Waals surface area contributed by atoms with Crippen LogP contribution in [0, 0.1) is 14.9 Å². The fourth-order valence-electron chi connectivity index (χ4n) is 2.73. The maximum atomic E-state index is 11.8. The molecule has 0 aliphatic heterocycles. The Morgan fingerprint density at radius 3 is 2.56 bits per heavy atom. The van der Waals surface area contributed by atoms with Crippen LogP contribution >= 0.6 is 57.4 Å². The molecule has 10 heteroatoms. The lowest BCUT2D eigenvalue weighted by atomic mass is 9.81. The number of fused-ring (bicyclic) bond motifs is 1. The van der Waals surface area contributed by atoms with Crippen molar-refractivity contribution < 1.29 is 4.79 Å². The van der Waals surface area contributed by atoms with Gasteiger partial charge >= 0.3 is 0 Å². The second kappa shape index (κ2) is 7.43. The average Bonchev–Trinajstić information content (AvgIpc) is 3.03. The van der Waals surface area contributed by atoms with Crippen molar-refractivity contribution in [2.75, 3.05) is 0 Å². The number of nitriles is 1. The van der Waals surface area contributed by atoms with E-state index in [9.17, 15) is 10.1 Å². The largest absolute Gasteiger partial charge is 0.366 e. The predicted molar refractivity (Wildman–Crippen MR) is 113 cm³/mol. The van der Waals surface area contributed by atoms with Gasteiger partial charge in [0.1, 0.15) is 16.4 Å². The molecule has 1 atom stereocenters. The minimum absolute atomic E-state index is 0.0584. The van der Waals surface area contributed by atoms with E-state index in [2.05, 4.69) is 38.9 Å². The van der Waals surface area contributed by atoms with Gasteiger partial charge in [0.25, 0.3) is 0 Å². The molecule has 0 aliphatic rings. The number of hydrogen-bond donors (Lipinski definition) is 1. The van der Waals surface area contributed by atoms with Crippen molar-refractivity contribution in [1.29, 1.82) is 5.26 Å². The first kappa shape index (κ1) is 20.1. The van der Waals surface area contributed by atoms with Crippen LogP contribution in [0.4, 0.5) is 0 Å². The SMILES string of the molecule is CC(C#N)(Cn1nc2c(Cl)cc(Cl)c(Cl)c2n1)c1cc(I)ccc1C(N)=O. The first-order valence-corrected chi connectivity index (χ1v) is 9.77. The highest BCUT2D eigenvalue weighted by Crippen LogP contribution is 2.35. The van der Waals surface area contributed by atoms with Gasteiger partial charge in [0.15, 0.2) is 0 Å². The maximum absolute atomic E-state index is 11.8. The summed E-state index contributed by atoms with van der Waals surface area (Å²) >= 11 is 20.5. The first-order valence-electron chi connectivity index (χ1n) is 7.55. The van der Waals surface area contributed by atoms with E-state index in [1.54, 1.807) is 25.1 Å². The third-order valence-electron chi connectivity index (χ3n) is 4.10. The predicted octanol–water partition coefficient (Wildman–Crippen LogP) is 4.58. The highest BCUT2D eigenvalue weighted by atomic mass is 127. The summed E-state index contributed by atoms with van der Waals surface area (Å²) in [6.45, 7) is 1.75. The van der Waals surface area contributed by atoms with Crippen LogP contribution in [0.2, 0.25) is 15.1 Å². The summed E-state index contributed by atoms with van der Waals surface area (Å²) in [6.07, 6.45) is 0. The zero-order valence-electron chi connectivity index (χ0n) is 13.8. The highest BCUT2D eigenvalue weighted by molar-refractivity contribution is 14.1. The molecule has 27 heavy (non-hydrogen) atoms. The van der Waals surface area contributed by atoms with Gasteiger partial charge in [0, 0.05) is 9.13 Å². The van der Waals surface area contributed by atoms with E-state index in [4.69, 9.17) is 40.5 Å². The Kier molecular flexibility index (Phi) is 5.54. The number of carbonyl (C=O) groups is 1. The van der Waals surface area contributed by atoms with Crippen LogP contribution in [0.5, 0.6) is 0 Å². The minimum atomic E-state index is -1.12. The number of nitrogens with two attached hydrogens (primary N) is 1. The average molecular weight is 535 g/mol. The monoisotopic (exact) mass is 533 g/mol. The summed E-state index contributed by atoms with van der Waals surface area (Å²) in [7, 11) is 0. The summed E-state index contributed by atoms with van der Waals surface area (Å²) in [5, 5.41) is 19.3. The van der Waals surface area contributed by atoms with Gasteiger partial charge < -0.3 is 5.73 Å². The number of nitrogens with zero attached hydrogens (tertiary/aromatic N) is 4. The minimum Gasteiger partial charge on any atom is -0.366 e. The van der Waals surface area contributed by atoms with Crippen molar-refractivity contribution in [3.8, 4) is 6.07 Å². The molecule has 1 amide bonds. The lowest BCUT2D eigenvalue weighted by molar-refractivity contribution is 0.0998. The molecule has 1 unspecified atom stereocenters. The van der Waals surface area contributed by atoms with Crippen molar-refractivity contribution in [2.45, 2.75) is 18.9 Å². The second-order valence-electron chi connectivity index (χ2n) is 6.08. The molecule has 3 rings (SSSR count). The quantitative estimate of drug-likeness (QED) is 0.392. The topological polar surface area (TPSA) is 97.6 Å². The van der Waals surface area contributed by atoms with Crippen molar-refractivity contribution >= 4 is 74.3 Å². The third-order valence-corrected chi connectivity index (χ3v) is 5.83. The number of hydrogen-bond acceptors (Lipinski definition) is 4. The Morgan fingerprint density at radius 2 is 1.93 bits per heavy atom. The molecule has 0 spiro atoms. The fourth-order valence-corrected chi connectivity index (χ4v) is 3.90. The molecule has 0 saturated carbocycles. The van der Waals surface area contributed by atoms with Crippen LogP contribution in [-0.4, -0.2) is 20.9 Å². The molecule has 6 nitrogen and oxygen atoms in total. The van der Waals surface area contributed by atoms with Crippen LogP contribution in [0.3, 0.4) is 0 Å². The van der Waals surface area contributed by atoms with Gasteiger partial charge in [-0.1, -0.05) is 34.8 Å². The normalized spacial score (nSPS) is 13.3. The zero-order chi connectivity index (χ0) is 19.9. The van der Waals surface area contributed by atoms with Gasteiger partial charge in [0.2, 0.25) is 5.91 Å².